The lowest BCUT2D eigenvalue weighted by Crippen LogP contribution is -2.42. The van der Waals surface area contributed by atoms with Gasteiger partial charge >= 0.3 is 0 Å². The van der Waals surface area contributed by atoms with Gasteiger partial charge in [-0.2, -0.15) is 0 Å². The van der Waals surface area contributed by atoms with Crippen molar-refractivity contribution in [2.75, 3.05) is 13.1 Å². The number of carbonyl (C=O) groups is 2. The molecule has 1 aliphatic rings. The van der Waals surface area contributed by atoms with Crippen molar-refractivity contribution in [2.24, 2.45) is 5.41 Å². The van der Waals surface area contributed by atoms with Gasteiger partial charge in [-0.3, -0.25) is 9.59 Å². The Balaban J connectivity index is 1.72. The topological polar surface area (TPSA) is 58.2 Å². The van der Waals surface area contributed by atoms with E-state index in [1.165, 1.54) is 24.3 Å². The Morgan fingerprint density at radius 1 is 1.14 bits per heavy atom. The van der Waals surface area contributed by atoms with E-state index in [2.05, 4.69) is 16.7 Å². The van der Waals surface area contributed by atoms with Crippen molar-refractivity contribution in [2.45, 2.75) is 26.2 Å². The molecule has 1 aromatic carbocycles. The first-order valence-corrected chi connectivity index (χ1v) is 7.48. The van der Waals surface area contributed by atoms with Crippen LogP contribution < -0.4 is 10.6 Å². The standard InChI is InChI=1S/C17H21FN2O2/c1-17(9-3-2-4-10-17)16(22)20-12-11-19-15(21)13-5-7-14(18)8-6-13/h2-3,5-8H,4,9-12H2,1H3,(H,19,21)(H,20,22)/t17-/m0/s1. The zero-order valence-corrected chi connectivity index (χ0v) is 12.7. The lowest BCUT2D eigenvalue weighted by atomic mass is 9.78. The minimum absolute atomic E-state index is 0.0212. The molecule has 2 rings (SSSR count). The lowest BCUT2D eigenvalue weighted by molar-refractivity contribution is -0.130. The first kappa shape index (κ1) is 16.2. The van der Waals surface area contributed by atoms with E-state index in [0.717, 1.165) is 19.3 Å². The van der Waals surface area contributed by atoms with Crippen molar-refractivity contribution in [1.29, 1.82) is 0 Å². The fraction of sp³-hybridized carbons (Fsp3) is 0.412. The van der Waals surface area contributed by atoms with Gasteiger partial charge in [0.25, 0.3) is 5.91 Å². The first-order valence-electron chi connectivity index (χ1n) is 7.48. The third kappa shape index (κ3) is 4.16. The number of halogens is 1. The van der Waals surface area contributed by atoms with Crippen molar-refractivity contribution in [3.05, 3.63) is 47.8 Å². The number of benzene rings is 1. The molecule has 0 heterocycles. The zero-order valence-electron chi connectivity index (χ0n) is 12.7. The van der Waals surface area contributed by atoms with E-state index in [0.29, 0.717) is 18.7 Å². The summed E-state index contributed by atoms with van der Waals surface area (Å²) in [6.07, 6.45) is 6.65. The molecular weight excluding hydrogens is 283 g/mol. The predicted molar refractivity (Wildman–Crippen MR) is 82.8 cm³/mol. The third-order valence-electron chi connectivity index (χ3n) is 3.95. The summed E-state index contributed by atoms with van der Waals surface area (Å²) >= 11 is 0. The van der Waals surface area contributed by atoms with Gasteiger partial charge in [0.2, 0.25) is 5.91 Å². The number of nitrogens with one attached hydrogen (secondary N) is 2. The Kier molecular flexibility index (Phi) is 5.31. The minimum atomic E-state index is -0.376. The van der Waals surface area contributed by atoms with Crippen LogP contribution in [0.25, 0.3) is 0 Å². The zero-order chi connectivity index (χ0) is 16.0. The summed E-state index contributed by atoms with van der Waals surface area (Å²) in [6.45, 7) is 2.68. The minimum Gasteiger partial charge on any atom is -0.354 e. The Morgan fingerprint density at radius 3 is 2.45 bits per heavy atom. The fourth-order valence-corrected chi connectivity index (χ4v) is 2.44. The van der Waals surface area contributed by atoms with Crippen LogP contribution in [0.1, 0.15) is 36.5 Å². The molecule has 2 amide bonds. The molecule has 5 heteroatoms. The predicted octanol–water partition coefficient (Wildman–Crippen LogP) is 2.42. The highest BCUT2D eigenvalue weighted by atomic mass is 19.1. The molecule has 22 heavy (non-hydrogen) atoms. The molecule has 0 aromatic heterocycles. The van der Waals surface area contributed by atoms with E-state index in [4.69, 9.17) is 0 Å². The Hall–Kier alpha value is -2.17. The maximum atomic E-state index is 12.8. The van der Waals surface area contributed by atoms with Gasteiger partial charge in [0.05, 0.1) is 5.41 Å². The molecule has 118 valence electrons. The second kappa shape index (κ2) is 7.20. The smallest absolute Gasteiger partial charge is 0.251 e. The van der Waals surface area contributed by atoms with Crippen LogP contribution in [0.15, 0.2) is 36.4 Å². The van der Waals surface area contributed by atoms with Crippen LogP contribution in [0.2, 0.25) is 0 Å². The SMILES string of the molecule is C[C@]1(C(=O)NCCNC(=O)c2ccc(F)cc2)CC=CCC1. The van der Waals surface area contributed by atoms with Gasteiger partial charge in [0, 0.05) is 18.7 Å². The highest BCUT2D eigenvalue weighted by Crippen LogP contribution is 2.31. The average molecular weight is 304 g/mol. The second-order valence-corrected chi connectivity index (χ2v) is 5.79. The van der Waals surface area contributed by atoms with Crippen molar-refractivity contribution < 1.29 is 14.0 Å². The lowest BCUT2D eigenvalue weighted by Gasteiger charge is -2.29. The maximum absolute atomic E-state index is 12.8. The molecule has 0 unspecified atom stereocenters. The number of hydrogen-bond donors (Lipinski definition) is 2. The Morgan fingerprint density at radius 2 is 1.82 bits per heavy atom. The van der Waals surface area contributed by atoms with Crippen LogP contribution >= 0.6 is 0 Å². The van der Waals surface area contributed by atoms with Gasteiger partial charge in [-0.05, 0) is 43.5 Å². The molecule has 2 N–H and O–H groups in total. The Labute approximate surface area is 129 Å². The van der Waals surface area contributed by atoms with E-state index < -0.39 is 0 Å². The summed E-state index contributed by atoms with van der Waals surface area (Å²) in [5.74, 6) is -0.632. The van der Waals surface area contributed by atoms with Gasteiger partial charge in [0.15, 0.2) is 0 Å². The van der Waals surface area contributed by atoms with E-state index in [1.54, 1.807) is 0 Å². The van der Waals surface area contributed by atoms with Crippen molar-refractivity contribution in [3.63, 3.8) is 0 Å². The van der Waals surface area contributed by atoms with E-state index in [1.807, 2.05) is 13.0 Å². The van der Waals surface area contributed by atoms with Crippen molar-refractivity contribution >= 4 is 11.8 Å². The normalized spacial score (nSPS) is 20.5. The van der Waals surface area contributed by atoms with Gasteiger partial charge in [-0.25, -0.2) is 4.39 Å². The summed E-state index contributed by atoms with van der Waals surface area (Å²) < 4.78 is 12.8. The van der Waals surface area contributed by atoms with Crippen LogP contribution in [0.4, 0.5) is 4.39 Å². The van der Waals surface area contributed by atoms with Crippen LogP contribution in [0.5, 0.6) is 0 Å². The summed E-state index contributed by atoms with van der Waals surface area (Å²) in [5, 5.41) is 5.56. The third-order valence-corrected chi connectivity index (χ3v) is 3.95. The van der Waals surface area contributed by atoms with Gasteiger partial charge < -0.3 is 10.6 Å². The first-order chi connectivity index (χ1) is 10.5. The summed E-state index contributed by atoms with van der Waals surface area (Å²) in [4.78, 5) is 24.0. The molecule has 1 atom stereocenters. The Bertz CT molecular complexity index is 569. The summed E-state index contributed by atoms with van der Waals surface area (Å²) in [5.41, 5.74) is 0.0486. The molecule has 1 aliphatic carbocycles. The number of carbonyl (C=O) groups excluding carboxylic acids is 2. The van der Waals surface area contributed by atoms with Gasteiger partial charge in [-0.1, -0.05) is 19.1 Å². The monoisotopic (exact) mass is 304 g/mol. The molecule has 1 aromatic rings. The highest BCUT2D eigenvalue weighted by Gasteiger charge is 2.32. The van der Waals surface area contributed by atoms with Crippen LogP contribution in [-0.4, -0.2) is 24.9 Å². The molecule has 0 saturated heterocycles. The van der Waals surface area contributed by atoms with Crippen LogP contribution in [-0.2, 0) is 4.79 Å². The number of allylic oxidation sites excluding steroid dienone is 2. The molecule has 0 aliphatic heterocycles. The number of amides is 2. The van der Waals surface area contributed by atoms with Crippen molar-refractivity contribution in [1.82, 2.24) is 10.6 Å². The van der Waals surface area contributed by atoms with E-state index in [9.17, 15) is 14.0 Å². The second-order valence-electron chi connectivity index (χ2n) is 5.79. The molecule has 0 bridgehead atoms. The summed E-state index contributed by atoms with van der Waals surface area (Å²) in [6, 6.07) is 5.35. The fourth-order valence-electron chi connectivity index (χ4n) is 2.44. The maximum Gasteiger partial charge on any atom is 0.251 e. The molecule has 0 saturated carbocycles. The van der Waals surface area contributed by atoms with E-state index >= 15 is 0 Å². The van der Waals surface area contributed by atoms with E-state index in [-0.39, 0.29) is 23.0 Å². The number of hydrogen-bond acceptors (Lipinski definition) is 2. The average Bonchev–Trinajstić information content (AvgIpc) is 2.52. The number of rotatable bonds is 5. The van der Waals surface area contributed by atoms with Gasteiger partial charge in [-0.15, -0.1) is 0 Å². The highest BCUT2D eigenvalue weighted by molar-refractivity contribution is 5.94. The van der Waals surface area contributed by atoms with Gasteiger partial charge in [0.1, 0.15) is 5.82 Å². The molecule has 0 radical (unpaired) electrons. The molecule has 4 nitrogen and oxygen atoms in total. The molecule has 0 spiro atoms. The van der Waals surface area contributed by atoms with Crippen LogP contribution in [0.3, 0.4) is 0 Å². The van der Waals surface area contributed by atoms with Crippen LogP contribution in [0, 0.1) is 11.2 Å². The molecule has 0 fully saturated rings. The quantitative estimate of drug-likeness (QED) is 0.648. The largest absolute Gasteiger partial charge is 0.354 e. The van der Waals surface area contributed by atoms with Crippen molar-refractivity contribution in [3.8, 4) is 0 Å². The summed E-state index contributed by atoms with van der Waals surface area (Å²) in [7, 11) is 0. The molecular formula is C17H21FN2O2.